The van der Waals surface area contributed by atoms with Gasteiger partial charge in [-0.25, -0.2) is 0 Å². The highest BCUT2D eigenvalue weighted by Crippen LogP contribution is 2.12. The van der Waals surface area contributed by atoms with Crippen LogP contribution in [0.3, 0.4) is 0 Å². The summed E-state index contributed by atoms with van der Waals surface area (Å²) >= 11 is 0. The van der Waals surface area contributed by atoms with Crippen LogP contribution in [0.5, 0.6) is 0 Å². The lowest BCUT2D eigenvalue weighted by atomic mass is 10.0. The molecule has 0 heteroatoms. The van der Waals surface area contributed by atoms with Gasteiger partial charge in [-0.1, -0.05) is 97.1 Å². The third kappa shape index (κ3) is 17.7. The molecule has 0 nitrogen and oxygen atoms in total. The highest BCUT2D eigenvalue weighted by Gasteiger charge is 1.94. The van der Waals surface area contributed by atoms with Crippen LogP contribution in [0.4, 0.5) is 0 Å². The molecule has 0 bridgehead atoms. The van der Waals surface area contributed by atoms with Crippen molar-refractivity contribution in [3.8, 4) is 0 Å². The first-order valence-electron chi connectivity index (χ1n) is 9.42. The maximum Gasteiger partial charge on any atom is -0.0351 e. The third-order valence-corrected chi connectivity index (χ3v) is 4.04. The average molecular weight is 281 g/mol. The Morgan fingerprint density at radius 3 is 1.55 bits per heavy atom. The molecule has 0 N–H and O–H groups in total. The van der Waals surface area contributed by atoms with E-state index in [2.05, 4.69) is 32.9 Å². The van der Waals surface area contributed by atoms with Gasteiger partial charge in [0, 0.05) is 0 Å². The molecule has 0 saturated heterocycles. The van der Waals surface area contributed by atoms with Gasteiger partial charge in [0.2, 0.25) is 0 Å². The molecular weight excluding hydrogens is 240 g/mol. The minimum Gasteiger partial charge on any atom is -0.0885 e. The number of hydrogen-bond acceptors (Lipinski definition) is 0. The van der Waals surface area contributed by atoms with E-state index in [0.29, 0.717) is 0 Å². The zero-order valence-corrected chi connectivity index (χ0v) is 14.6. The molecule has 0 aromatic heterocycles. The second kappa shape index (κ2) is 16.8. The van der Waals surface area contributed by atoms with Crippen LogP contribution in [0.1, 0.15) is 111 Å². The number of allylic oxidation sites excluding steroid dienone is 2. The summed E-state index contributed by atoms with van der Waals surface area (Å²) in [7, 11) is 0. The van der Waals surface area contributed by atoms with Crippen molar-refractivity contribution in [3.63, 3.8) is 0 Å². The van der Waals surface area contributed by atoms with Crippen LogP contribution in [0.2, 0.25) is 0 Å². The minimum atomic E-state index is 0.891. The van der Waals surface area contributed by atoms with Gasteiger partial charge < -0.3 is 0 Å². The lowest BCUT2D eigenvalue weighted by molar-refractivity contribution is 0.512. The summed E-state index contributed by atoms with van der Waals surface area (Å²) in [5, 5.41) is 0. The third-order valence-electron chi connectivity index (χ3n) is 4.04. The molecule has 0 aromatic carbocycles. The van der Waals surface area contributed by atoms with Crippen molar-refractivity contribution in [1.29, 1.82) is 0 Å². The number of unbranched alkanes of at least 4 members (excludes halogenated alkanes) is 11. The van der Waals surface area contributed by atoms with Gasteiger partial charge >= 0.3 is 0 Å². The van der Waals surface area contributed by atoms with E-state index < -0.39 is 0 Å². The molecule has 0 amide bonds. The average Bonchev–Trinajstić information content (AvgIpc) is 2.43. The Kier molecular flexibility index (Phi) is 16.6. The van der Waals surface area contributed by atoms with Crippen LogP contribution in [0, 0.1) is 5.92 Å². The summed E-state index contributed by atoms with van der Waals surface area (Å²) < 4.78 is 0. The van der Waals surface area contributed by atoms with Crippen LogP contribution in [-0.2, 0) is 0 Å². The molecule has 0 atom stereocenters. The first-order valence-corrected chi connectivity index (χ1v) is 9.42. The molecule has 0 aromatic rings. The highest BCUT2D eigenvalue weighted by atomic mass is 14.0. The Bertz CT molecular complexity index is 190. The number of rotatable bonds is 15. The summed E-state index contributed by atoms with van der Waals surface area (Å²) in [6.45, 7) is 6.94. The number of hydrogen-bond donors (Lipinski definition) is 0. The Morgan fingerprint density at radius 2 is 1.05 bits per heavy atom. The van der Waals surface area contributed by atoms with Crippen molar-refractivity contribution >= 4 is 0 Å². The Hall–Kier alpha value is -0.260. The van der Waals surface area contributed by atoms with Gasteiger partial charge in [-0.3, -0.25) is 0 Å². The zero-order valence-electron chi connectivity index (χ0n) is 14.6. The fourth-order valence-corrected chi connectivity index (χ4v) is 2.62. The van der Waals surface area contributed by atoms with Crippen molar-refractivity contribution < 1.29 is 0 Å². The largest absolute Gasteiger partial charge is 0.0885 e. The van der Waals surface area contributed by atoms with Crippen LogP contribution < -0.4 is 0 Å². The molecule has 0 radical (unpaired) electrons. The van der Waals surface area contributed by atoms with E-state index in [9.17, 15) is 0 Å². The fourth-order valence-electron chi connectivity index (χ4n) is 2.62. The molecule has 0 heterocycles. The molecular formula is C20H40. The van der Waals surface area contributed by atoms with E-state index >= 15 is 0 Å². The van der Waals surface area contributed by atoms with E-state index in [1.807, 2.05) is 0 Å². The van der Waals surface area contributed by atoms with Crippen molar-refractivity contribution in [3.05, 3.63) is 12.2 Å². The van der Waals surface area contributed by atoms with Gasteiger partial charge in [-0.15, -0.1) is 0 Å². The first kappa shape index (κ1) is 19.7. The van der Waals surface area contributed by atoms with Crippen LogP contribution in [-0.4, -0.2) is 0 Å². The Labute approximate surface area is 129 Å². The lowest BCUT2D eigenvalue weighted by Crippen LogP contribution is -1.87. The van der Waals surface area contributed by atoms with E-state index in [1.54, 1.807) is 0 Å². The summed E-state index contributed by atoms with van der Waals surface area (Å²) in [6.07, 6.45) is 24.5. The molecule has 0 aliphatic carbocycles. The van der Waals surface area contributed by atoms with Gasteiger partial charge in [0.05, 0.1) is 0 Å². The van der Waals surface area contributed by atoms with Crippen LogP contribution in [0.25, 0.3) is 0 Å². The molecule has 0 fully saturated rings. The van der Waals surface area contributed by atoms with Crippen molar-refractivity contribution in [2.24, 2.45) is 5.92 Å². The summed E-state index contributed by atoms with van der Waals surface area (Å²) in [5.41, 5.74) is 0. The maximum atomic E-state index is 2.42. The maximum absolute atomic E-state index is 2.42. The van der Waals surface area contributed by atoms with E-state index in [4.69, 9.17) is 0 Å². The van der Waals surface area contributed by atoms with E-state index in [-0.39, 0.29) is 0 Å². The fraction of sp³-hybridized carbons (Fsp3) is 0.900. The Morgan fingerprint density at radius 1 is 0.600 bits per heavy atom. The summed E-state index contributed by atoms with van der Waals surface area (Å²) in [4.78, 5) is 0. The first-order chi connectivity index (χ1) is 9.77. The van der Waals surface area contributed by atoms with Gasteiger partial charge in [0.15, 0.2) is 0 Å². The molecule has 120 valence electrons. The van der Waals surface area contributed by atoms with Crippen molar-refractivity contribution in [2.75, 3.05) is 0 Å². The molecule has 0 unspecified atom stereocenters. The lowest BCUT2D eigenvalue weighted by Gasteiger charge is -2.03. The van der Waals surface area contributed by atoms with Crippen LogP contribution >= 0.6 is 0 Å². The molecule has 0 aliphatic heterocycles. The molecule has 0 spiro atoms. The summed E-state index contributed by atoms with van der Waals surface area (Å²) in [5.74, 6) is 0.891. The Balaban J connectivity index is 3.04. The topological polar surface area (TPSA) is 0 Å². The second-order valence-electron chi connectivity index (χ2n) is 6.77. The predicted octanol–water partition coefficient (Wildman–Crippen LogP) is 7.68. The highest BCUT2D eigenvalue weighted by molar-refractivity contribution is 4.81. The second-order valence-corrected chi connectivity index (χ2v) is 6.77. The van der Waals surface area contributed by atoms with Crippen LogP contribution in [0.15, 0.2) is 12.2 Å². The van der Waals surface area contributed by atoms with Gasteiger partial charge in [-0.2, -0.15) is 0 Å². The molecule has 0 saturated carbocycles. The monoisotopic (exact) mass is 280 g/mol. The smallest absolute Gasteiger partial charge is 0.0351 e. The zero-order chi connectivity index (χ0) is 14.9. The predicted molar refractivity (Wildman–Crippen MR) is 94.3 cm³/mol. The van der Waals surface area contributed by atoms with Crippen molar-refractivity contribution in [2.45, 2.75) is 111 Å². The normalized spacial score (nSPS) is 11.8. The molecule has 0 rings (SSSR count). The standard InChI is InChI=1S/C20H40/c1-4-5-6-7-8-9-10-11-12-13-14-15-16-17-18-19-20(2)3/h10-11,20H,4-9,12-19H2,1-3H3/b11-10+. The summed E-state index contributed by atoms with van der Waals surface area (Å²) in [6, 6.07) is 0. The van der Waals surface area contributed by atoms with Gasteiger partial charge in [-0.05, 0) is 31.6 Å². The molecule has 0 aliphatic rings. The molecule has 20 heavy (non-hydrogen) atoms. The van der Waals surface area contributed by atoms with E-state index in [1.165, 1.54) is 89.9 Å². The van der Waals surface area contributed by atoms with E-state index in [0.717, 1.165) is 5.92 Å². The quantitative estimate of drug-likeness (QED) is 0.213. The minimum absolute atomic E-state index is 0.891. The van der Waals surface area contributed by atoms with Gasteiger partial charge in [0.25, 0.3) is 0 Å². The SMILES string of the molecule is CCCCCCC/C=C/CCCCCCCCC(C)C. The van der Waals surface area contributed by atoms with Gasteiger partial charge in [0.1, 0.15) is 0 Å². The van der Waals surface area contributed by atoms with Crippen molar-refractivity contribution in [1.82, 2.24) is 0 Å².